The molecule has 0 aliphatic carbocycles. The second-order valence-electron chi connectivity index (χ2n) is 15.5. The molecule has 6 nitrogen and oxygen atoms in total. The average molecular weight is 717 g/mol. The zero-order valence-corrected chi connectivity index (χ0v) is 29.3. The number of amides is 3. The summed E-state index contributed by atoms with van der Waals surface area (Å²) in [5, 5.41) is 35.8. The van der Waals surface area contributed by atoms with E-state index in [4.69, 9.17) is 0 Å². The topological polar surface area (TPSA) is 86.7 Å². The Bertz CT molecular complexity index is 3700. The zero-order valence-electron chi connectivity index (χ0n) is 29.3. The van der Waals surface area contributed by atoms with Crippen LogP contribution in [0.3, 0.4) is 0 Å². The van der Waals surface area contributed by atoms with Crippen molar-refractivity contribution in [3.05, 3.63) is 150 Å². The van der Waals surface area contributed by atoms with Crippen molar-refractivity contribution < 1.29 is 19.5 Å². The third-order valence-corrected chi connectivity index (χ3v) is 13.1. The number of carbonyl (C=O) groups is 3. The summed E-state index contributed by atoms with van der Waals surface area (Å²) >= 11 is 0. The number of hydrogen-bond acceptors (Lipinski definition) is 4. The van der Waals surface area contributed by atoms with Crippen LogP contribution in [0.25, 0.3) is 108 Å². The standard InChI is InChI=1S/C50H24N2O4/c53-47-35-18-14-31-27-10-6-23-25-8-12-29-33-16-20-37-46-38(50(56)52(49(37)55)22-4-2-1-3-5-22)21-17-34(44(33)46)30-13-9-26(40(25)42(29)30)24-7-11-28(41(27)39(23)24)32-15-19-36(48(54)51-47)45(35)43(31)32/h1-21,49,55H,(H,51,53,54). The minimum Gasteiger partial charge on any atom is -0.369 e. The highest BCUT2D eigenvalue weighted by molar-refractivity contribution is 6.47. The van der Waals surface area contributed by atoms with E-state index >= 15 is 0 Å². The summed E-state index contributed by atoms with van der Waals surface area (Å²) in [6.07, 6.45) is -1.11. The lowest BCUT2D eigenvalue weighted by molar-refractivity contribution is 0.0840. The maximum Gasteiger partial charge on any atom is 0.261 e. The number of para-hydroxylation sites is 1. The number of anilines is 1. The molecule has 12 aromatic carbocycles. The molecule has 0 spiro atoms. The highest BCUT2D eigenvalue weighted by atomic mass is 16.3. The van der Waals surface area contributed by atoms with Crippen LogP contribution in [0.15, 0.2) is 127 Å². The van der Waals surface area contributed by atoms with Crippen molar-refractivity contribution in [3.63, 3.8) is 0 Å². The number of aliphatic hydroxyl groups excluding tert-OH is 1. The number of nitrogens with zero attached hydrogens (tertiary/aromatic N) is 1. The first-order valence-corrected chi connectivity index (χ1v) is 18.8. The normalized spacial score (nSPS) is 16.0. The van der Waals surface area contributed by atoms with Crippen LogP contribution in [-0.4, -0.2) is 22.8 Å². The van der Waals surface area contributed by atoms with Gasteiger partial charge in [-0.15, -0.1) is 0 Å². The Morgan fingerprint density at radius 1 is 0.375 bits per heavy atom. The average Bonchev–Trinajstić information content (AvgIpc) is 3.23. The molecule has 0 fully saturated rings. The second kappa shape index (κ2) is 9.44. The molecule has 1 atom stereocenters. The van der Waals surface area contributed by atoms with Crippen LogP contribution in [0.1, 0.15) is 42.9 Å². The fourth-order valence-corrected chi connectivity index (χ4v) is 10.9. The number of nitrogens with one attached hydrogen (secondary N) is 1. The molecule has 56 heavy (non-hydrogen) atoms. The summed E-state index contributed by atoms with van der Waals surface area (Å²) in [7, 11) is 0. The molecule has 0 saturated carbocycles. The summed E-state index contributed by atoms with van der Waals surface area (Å²) in [5.41, 5.74) is 3.03. The van der Waals surface area contributed by atoms with Gasteiger partial charge in [0, 0.05) is 38.7 Å². The number of benzene rings is 12. The van der Waals surface area contributed by atoms with Crippen LogP contribution >= 0.6 is 0 Å². The van der Waals surface area contributed by atoms with E-state index in [1.54, 1.807) is 0 Å². The fourth-order valence-electron chi connectivity index (χ4n) is 10.9. The Kier molecular flexibility index (Phi) is 4.89. The number of carbonyl (C=O) groups excluding carboxylic acids is 3. The lowest BCUT2D eigenvalue weighted by Crippen LogP contribution is -2.38. The molecule has 2 heterocycles. The van der Waals surface area contributed by atoms with Crippen LogP contribution in [0, 0.1) is 0 Å². The van der Waals surface area contributed by atoms with E-state index < -0.39 is 6.23 Å². The van der Waals surface area contributed by atoms with Gasteiger partial charge in [0.25, 0.3) is 17.7 Å². The molecular formula is C50H24N2O4. The summed E-state index contributed by atoms with van der Waals surface area (Å²) in [4.78, 5) is 41.5. The van der Waals surface area contributed by atoms with Crippen LogP contribution in [0.5, 0.6) is 0 Å². The second-order valence-corrected chi connectivity index (χ2v) is 15.5. The van der Waals surface area contributed by atoms with Crippen molar-refractivity contribution in [2.75, 3.05) is 4.90 Å². The molecular weight excluding hydrogens is 693 g/mol. The van der Waals surface area contributed by atoms with E-state index in [0.29, 0.717) is 22.4 Å². The molecule has 2 N–H and O–H groups in total. The molecule has 0 aromatic heterocycles. The molecule has 0 radical (unpaired) electrons. The number of fused-ring (bicyclic) bond motifs is 6. The third kappa shape index (κ3) is 3.11. The van der Waals surface area contributed by atoms with Gasteiger partial charge in [-0.1, -0.05) is 97.1 Å². The third-order valence-electron chi connectivity index (χ3n) is 13.1. The lowest BCUT2D eigenvalue weighted by atomic mass is 9.80. The summed E-state index contributed by atoms with van der Waals surface area (Å²) in [6.45, 7) is 0. The van der Waals surface area contributed by atoms with Gasteiger partial charge in [0.2, 0.25) is 0 Å². The van der Waals surface area contributed by atoms with Gasteiger partial charge in [-0.2, -0.15) is 0 Å². The first kappa shape index (κ1) is 29.0. The molecule has 0 bridgehead atoms. The quantitative estimate of drug-likeness (QED) is 0.101. The Balaban J connectivity index is 1.09. The van der Waals surface area contributed by atoms with E-state index in [2.05, 4.69) is 66.0 Å². The Morgan fingerprint density at radius 2 is 0.714 bits per heavy atom. The molecule has 3 amide bonds. The summed E-state index contributed by atoms with van der Waals surface area (Å²) < 4.78 is 0. The smallest absolute Gasteiger partial charge is 0.261 e. The summed E-state index contributed by atoms with van der Waals surface area (Å²) in [5.74, 6) is -0.931. The van der Waals surface area contributed by atoms with E-state index in [0.717, 1.165) is 70.2 Å². The van der Waals surface area contributed by atoms with Crippen molar-refractivity contribution in [2.45, 2.75) is 6.23 Å². The molecule has 2 aliphatic rings. The molecule has 0 saturated heterocycles. The van der Waals surface area contributed by atoms with E-state index in [9.17, 15) is 19.5 Å². The van der Waals surface area contributed by atoms with Crippen LogP contribution in [0.4, 0.5) is 5.69 Å². The van der Waals surface area contributed by atoms with Crippen molar-refractivity contribution in [3.8, 4) is 0 Å². The first-order chi connectivity index (χ1) is 27.5. The van der Waals surface area contributed by atoms with E-state index in [1.165, 1.54) is 48.0 Å². The monoisotopic (exact) mass is 716 g/mol. The van der Waals surface area contributed by atoms with Gasteiger partial charge in [0.1, 0.15) is 0 Å². The van der Waals surface area contributed by atoms with Crippen molar-refractivity contribution in [1.82, 2.24) is 5.32 Å². The highest BCUT2D eigenvalue weighted by Gasteiger charge is 2.35. The van der Waals surface area contributed by atoms with Gasteiger partial charge in [-0.05, 0) is 127 Å². The maximum atomic E-state index is 14.1. The minimum atomic E-state index is -1.11. The van der Waals surface area contributed by atoms with Gasteiger partial charge < -0.3 is 5.11 Å². The van der Waals surface area contributed by atoms with Crippen molar-refractivity contribution in [2.24, 2.45) is 0 Å². The van der Waals surface area contributed by atoms with E-state index in [1.807, 2.05) is 66.7 Å². The maximum absolute atomic E-state index is 14.1. The number of imide groups is 1. The first-order valence-electron chi connectivity index (χ1n) is 18.8. The number of aliphatic hydroxyl groups is 1. The Labute approximate surface area is 315 Å². The van der Waals surface area contributed by atoms with Crippen molar-refractivity contribution in [1.29, 1.82) is 0 Å². The minimum absolute atomic E-state index is 0.213. The Morgan fingerprint density at radius 3 is 1.14 bits per heavy atom. The molecule has 258 valence electrons. The number of rotatable bonds is 1. The zero-order chi connectivity index (χ0) is 36.9. The molecule has 2 aliphatic heterocycles. The highest BCUT2D eigenvalue weighted by Crippen LogP contribution is 2.52. The molecule has 1 unspecified atom stereocenters. The van der Waals surface area contributed by atoms with Gasteiger partial charge in [0.05, 0.1) is 0 Å². The van der Waals surface area contributed by atoms with Gasteiger partial charge in [0.15, 0.2) is 6.23 Å². The van der Waals surface area contributed by atoms with Crippen molar-refractivity contribution >= 4 is 131 Å². The van der Waals surface area contributed by atoms with Gasteiger partial charge in [-0.3, -0.25) is 24.6 Å². The lowest BCUT2D eigenvalue weighted by Gasteiger charge is -2.34. The van der Waals surface area contributed by atoms with Gasteiger partial charge >= 0.3 is 0 Å². The SMILES string of the molecule is O=C1NC(=O)c2ccc3c4ccc5c6ccc7c8ccc9c%10c(ccc(c%11ccc(c%12ccc(c%13ccc1c2c%133)c4c%125)c6c%117)c%108)C(=O)N(c1ccccc1)C9O. The predicted molar refractivity (Wildman–Crippen MR) is 225 cm³/mol. The Hall–Kier alpha value is -7.41. The molecule has 12 aromatic rings. The van der Waals surface area contributed by atoms with Crippen LogP contribution in [-0.2, 0) is 0 Å². The van der Waals surface area contributed by atoms with E-state index in [-0.39, 0.29) is 17.7 Å². The van der Waals surface area contributed by atoms with Crippen LogP contribution < -0.4 is 10.2 Å². The largest absolute Gasteiger partial charge is 0.369 e. The summed E-state index contributed by atoms with van der Waals surface area (Å²) in [6, 6.07) is 43.1. The number of hydrogen-bond donors (Lipinski definition) is 2. The van der Waals surface area contributed by atoms with Gasteiger partial charge in [-0.25, -0.2) is 0 Å². The predicted octanol–water partition coefficient (Wildman–Crippen LogP) is 11.1. The molecule has 6 heteroatoms. The van der Waals surface area contributed by atoms with Crippen LogP contribution in [0.2, 0.25) is 0 Å². The molecule has 14 rings (SSSR count). The fraction of sp³-hybridized carbons (Fsp3) is 0.0200.